The minimum atomic E-state index is -0.611. The van der Waals surface area contributed by atoms with Crippen molar-refractivity contribution in [3.63, 3.8) is 0 Å². The summed E-state index contributed by atoms with van der Waals surface area (Å²) in [5.41, 5.74) is 0. The Morgan fingerprint density at radius 1 is 0.938 bits per heavy atom. The number of hydrogen-bond acceptors (Lipinski definition) is 2. The summed E-state index contributed by atoms with van der Waals surface area (Å²) in [7, 11) is -1.22. The number of hydrogen-bond donors (Lipinski definition) is 0. The smallest absolute Gasteiger partial charge is 0 e. The molecule has 0 aliphatic rings. The van der Waals surface area contributed by atoms with E-state index < -0.39 is 21.6 Å². The number of rotatable bonds is 0. The van der Waals surface area contributed by atoms with Crippen molar-refractivity contribution < 1.29 is 30.1 Å². The summed E-state index contributed by atoms with van der Waals surface area (Å²) in [4.78, 5) is 0. The average molecular weight is 300 g/mol. The molecule has 0 spiro atoms. The second kappa shape index (κ2) is 24.2. The zero-order valence-corrected chi connectivity index (χ0v) is 12.3. The molecule has 16 heavy (non-hydrogen) atoms. The summed E-state index contributed by atoms with van der Waals surface area (Å²) in [5, 5.41) is 0. The minimum absolute atomic E-state index is 0. The molecule has 1 aromatic carbocycles. The molecule has 0 saturated carbocycles. The van der Waals surface area contributed by atoms with E-state index in [1.807, 2.05) is 0 Å². The topological polar surface area (TPSA) is 54.0 Å². The van der Waals surface area contributed by atoms with Crippen molar-refractivity contribution in [1.82, 2.24) is 0 Å². The van der Waals surface area contributed by atoms with E-state index in [-0.39, 0.29) is 17.1 Å². The van der Waals surface area contributed by atoms with E-state index in [1.165, 1.54) is 0 Å². The fourth-order valence-corrected chi connectivity index (χ4v) is 0.180. The van der Waals surface area contributed by atoms with Gasteiger partial charge in [0.25, 0.3) is 0 Å². The molecule has 0 bridgehead atoms. The van der Waals surface area contributed by atoms with Crippen LogP contribution in [0.15, 0.2) is 6.07 Å². The molecule has 0 amide bonds. The molecule has 0 atom stereocenters. The van der Waals surface area contributed by atoms with Crippen LogP contribution in [0.3, 0.4) is 0 Å². The van der Waals surface area contributed by atoms with Crippen molar-refractivity contribution in [3.8, 4) is 0 Å². The standard InChI is InChI=1S/C5H.2C2H6OS.CO.Mn/c1-2-4-5-3-1;2*1-4(2)3;1-2;/h1H;2*1-2H3;;/q-5;;;;. The van der Waals surface area contributed by atoms with E-state index >= 15 is 0 Å². The van der Waals surface area contributed by atoms with Gasteiger partial charge < -0.3 is 30.3 Å². The van der Waals surface area contributed by atoms with Gasteiger partial charge >= 0.3 is 11.3 Å². The molecular formula is C10H13MnO3S2-5. The first-order valence-corrected chi connectivity index (χ1v) is 7.43. The molecule has 1 aromatic rings. The van der Waals surface area contributed by atoms with Crippen LogP contribution in [-0.4, -0.2) is 33.4 Å². The zero-order chi connectivity index (χ0) is 12.7. The van der Waals surface area contributed by atoms with Gasteiger partial charge in [-0.2, -0.15) is 0 Å². The maximum absolute atomic E-state index is 9.56. The predicted octanol–water partition coefficient (Wildman–Crippen LogP) is 0.556. The van der Waals surface area contributed by atoms with Crippen LogP contribution in [0, 0.1) is 30.9 Å². The third-order valence-electron chi connectivity index (χ3n) is 0.351. The fraction of sp³-hybridized carbons (Fsp3) is 0.400. The van der Waals surface area contributed by atoms with E-state index in [0.29, 0.717) is 0 Å². The molecule has 0 unspecified atom stereocenters. The van der Waals surface area contributed by atoms with Crippen molar-refractivity contribution in [2.24, 2.45) is 0 Å². The molecule has 0 N–H and O–H groups in total. The summed E-state index contributed by atoms with van der Waals surface area (Å²) in [6, 6.07) is 12.0. The second-order valence-electron chi connectivity index (χ2n) is 2.17. The predicted molar refractivity (Wildman–Crippen MR) is 61.3 cm³/mol. The maximum atomic E-state index is 9.56. The molecule has 0 heterocycles. The third-order valence-corrected chi connectivity index (χ3v) is 0.351. The van der Waals surface area contributed by atoms with Crippen molar-refractivity contribution in [3.05, 3.63) is 37.0 Å². The van der Waals surface area contributed by atoms with Gasteiger partial charge in [-0.15, -0.1) is 0 Å². The first kappa shape index (κ1) is 24.9. The van der Waals surface area contributed by atoms with E-state index in [2.05, 4.69) is 30.9 Å². The molecule has 3 nitrogen and oxygen atoms in total. The summed E-state index contributed by atoms with van der Waals surface area (Å²) in [6.45, 7) is 4.50. The minimum Gasteiger partial charge on any atom is -0.999 e. The average Bonchev–Trinajstić information content (AvgIpc) is 2.61. The molecule has 0 fully saturated rings. The van der Waals surface area contributed by atoms with E-state index in [9.17, 15) is 8.42 Å². The Morgan fingerprint density at radius 3 is 1.19 bits per heavy atom. The van der Waals surface area contributed by atoms with Crippen molar-refractivity contribution >= 4 is 21.6 Å². The van der Waals surface area contributed by atoms with Crippen molar-refractivity contribution in [2.45, 2.75) is 0 Å². The molecule has 0 aromatic heterocycles. The second-order valence-corrected chi connectivity index (χ2v) is 5.13. The molecule has 1 rings (SSSR count). The largest absolute Gasteiger partial charge is 0.999 e. The molecule has 0 saturated heterocycles. The van der Waals surface area contributed by atoms with Gasteiger partial charge in [-0.1, -0.05) is 0 Å². The van der Waals surface area contributed by atoms with Crippen LogP contribution in [0.1, 0.15) is 0 Å². The third kappa shape index (κ3) is 96.2. The Kier molecular flexibility index (Phi) is 37.8. The van der Waals surface area contributed by atoms with Crippen LogP contribution in [0.5, 0.6) is 0 Å². The SMILES string of the molecule is CS(C)=O.CS(C)=O.[C-]#[O+].[Mn].[c-]1[c-][c-][cH-][c-]1. The Balaban J connectivity index is -0.0000000616. The quantitative estimate of drug-likeness (QED) is 0.399. The van der Waals surface area contributed by atoms with Gasteiger partial charge in [0.1, 0.15) is 0 Å². The van der Waals surface area contributed by atoms with Crippen LogP contribution in [-0.2, 0) is 43.3 Å². The Morgan fingerprint density at radius 2 is 1.12 bits per heavy atom. The van der Waals surface area contributed by atoms with Gasteiger partial charge in [-0.25, -0.2) is 0 Å². The van der Waals surface area contributed by atoms with Crippen LogP contribution >= 0.6 is 0 Å². The fourth-order valence-electron chi connectivity index (χ4n) is 0.180. The Hall–Kier alpha value is -0.0905. The molecular weight excluding hydrogens is 287 g/mol. The molecule has 95 valence electrons. The molecule has 6 heteroatoms. The monoisotopic (exact) mass is 300 g/mol. The summed E-state index contributed by atoms with van der Waals surface area (Å²) >= 11 is 0. The van der Waals surface area contributed by atoms with E-state index in [1.54, 1.807) is 31.1 Å². The van der Waals surface area contributed by atoms with Crippen LogP contribution in [0.25, 0.3) is 0 Å². The van der Waals surface area contributed by atoms with Crippen molar-refractivity contribution in [2.75, 3.05) is 25.0 Å². The molecule has 0 aliphatic heterocycles. The van der Waals surface area contributed by atoms with Crippen LogP contribution < -0.4 is 0 Å². The van der Waals surface area contributed by atoms with Crippen LogP contribution in [0.4, 0.5) is 0 Å². The van der Waals surface area contributed by atoms with Gasteiger partial charge in [0.2, 0.25) is 0 Å². The van der Waals surface area contributed by atoms with Gasteiger partial charge in [0.05, 0.1) is 0 Å². The molecule has 0 aliphatic carbocycles. The first-order valence-electron chi connectivity index (χ1n) is 3.50. The van der Waals surface area contributed by atoms with Gasteiger partial charge in [0.15, 0.2) is 0 Å². The van der Waals surface area contributed by atoms with Crippen LogP contribution in [0.2, 0.25) is 0 Å². The Labute approximate surface area is 113 Å². The summed E-state index contributed by atoms with van der Waals surface area (Å²) < 4.78 is 26.6. The Bertz CT molecular complexity index is 221. The summed E-state index contributed by atoms with van der Waals surface area (Å²) in [6.07, 6.45) is 6.56. The van der Waals surface area contributed by atoms with Crippen molar-refractivity contribution in [1.29, 1.82) is 0 Å². The van der Waals surface area contributed by atoms with Gasteiger partial charge in [-0.05, 0) is 0 Å². The van der Waals surface area contributed by atoms with E-state index in [4.69, 9.17) is 4.65 Å². The maximum Gasteiger partial charge on any atom is 0 e. The van der Waals surface area contributed by atoms with E-state index in [0.717, 1.165) is 0 Å². The zero-order valence-electron chi connectivity index (χ0n) is 9.50. The van der Waals surface area contributed by atoms with Gasteiger partial charge in [-0.3, -0.25) is 8.42 Å². The summed E-state index contributed by atoms with van der Waals surface area (Å²) in [5.74, 6) is 0. The van der Waals surface area contributed by atoms with Gasteiger partial charge in [0, 0.05) is 63.7 Å². The molecule has 1 radical (unpaired) electrons. The normalized spacial score (nSPS) is 7.00. The first-order chi connectivity index (χ1) is 6.96.